The van der Waals surface area contributed by atoms with Gasteiger partial charge in [-0.15, -0.1) is 0 Å². The number of benzene rings is 1. The molecule has 30 heavy (non-hydrogen) atoms. The second-order valence-corrected chi connectivity index (χ2v) is 7.44. The minimum Gasteiger partial charge on any atom is -0.481 e. The molecule has 1 saturated carbocycles. The van der Waals surface area contributed by atoms with Crippen LogP contribution in [0.25, 0.3) is 0 Å². The normalized spacial score (nSPS) is 17.6. The summed E-state index contributed by atoms with van der Waals surface area (Å²) in [6.45, 7) is 6.42. The molecule has 0 bridgehead atoms. The first-order chi connectivity index (χ1) is 14.2. The Morgan fingerprint density at radius 2 is 1.67 bits per heavy atom. The van der Waals surface area contributed by atoms with Crippen molar-refractivity contribution in [2.24, 2.45) is 5.92 Å². The highest BCUT2D eigenvalue weighted by Crippen LogP contribution is 2.23. The van der Waals surface area contributed by atoms with E-state index in [1.54, 1.807) is 4.90 Å². The Morgan fingerprint density at radius 3 is 2.07 bits per heavy atom. The summed E-state index contributed by atoms with van der Waals surface area (Å²) in [5.74, 6) is -2.80. The van der Waals surface area contributed by atoms with E-state index in [9.17, 15) is 22.8 Å². The number of carbonyl (C=O) groups is 2. The van der Waals surface area contributed by atoms with Gasteiger partial charge in [0.15, 0.2) is 0 Å². The molecule has 2 fully saturated rings. The number of methoxy groups -OCH3 is 1. The van der Waals surface area contributed by atoms with E-state index < -0.39 is 18.1 Å². The number of halogens is 3. The summed E-state index contributed by atoms with van der Waals surface area (Å²) in [4.78, 5) is 21.6. The number of rotatable bonds is 3. The predicted molar refractivity (Wildman–Crippen MR) is 105 cm³/mol. The van der Waals surface area contributed by atoms with Crippen LogP contribution in [0.4, 0.5) is 13.2 Å². The second kappa shape index (κ2) is 14.0. The first-order valence-electron chi connectivity index (χ1n) is 10.3. The van der Waals surface area contributed by atoms with Crippen molar-refractivity contribution in [1.29, 1.82) is 0 Å². The lowest BCUT2D eigenvalue weighted by atomic mass is 9.90. The summed E-state index contributed by atoms with van der Waals surface area (Å²) in [6, 6.07) is 10.8. The molecular formula is C21H33F3N2O4+2. The molecule has 1 aliphatic carbocycles. The number of hydrogen-bond acceptors (Lipinski definition) is 3. The van der Waals surface area contributed by atoms with Gasteiger partial charge >= 0.3 is 18.1 Å². The van der Waals surface area contributed by atoms with Crippen LogP contribution in [0.5, 0.6) is 0 Å². The average Bonchev–Trinajstić information content (AvgIpc) is 2.75. The number of aliphatic carboxylic acids is 1. The predicted octanol–water partition coefficient (Wildman–Crippen LogP) is 1.02. The average molecular weight is 434 g/mol. The summed E-state index contributed by atoms with van der Waals surface area (Å²) in [5, 5.41) is 10.9. The highest BCUT2D eigenvalue weighted by atomic mass is 19.4. The van der Waals surface area contributed by atoms with Gasteiger partial charge in [-0.1, -0.05) is 49.6 Å². The number of hydrogen-bond donors (Lipinski definition) is 3. The van der Waals surface area contributed by atoms with Gasteiger partial charge in [0.05, 0.1) is 13.0 Å². The van der Waals surface area contributed by atoms with Crippen LogP contribution >= 0.6 is 0 Å². The molecule has 0 aromatic heterocycles. The third kappa shape index (κ3) is 11.2. The van der Waals surface area contributed by atoms with Crippen molar-refractivity contribution in [3.8, 4) is 0 Å². The van der Waals surface area contributed by atoms with Crippen molar-refractivity contribution in [3.63, 3.8) is 0 Å². The molecular weight excluding hydrogens is 401 g/mol. The smallest absolute Gasteiger partial charge is 0.481 e. The van der Waals surface area contributed by atoms with Crippen LogP contribution < -0.4 is 10.2 Å². The van der Waals surface area contributed by atoms with E-state index in [2.05, 4.69) is 40.4 Å². The topological polar surface area (TPSA) is 84.7 Å². The summed E-state index contributed by atoms with van der Waals surface area (Å²) < 4.78 is 36.3. The standard InChI is InChI=1S/C11H16N2.C7H12O2.C3H3F3O2/c1-2-4-11(5-3-1)10-13-8-6-12-7-9-13;8-7(9)6-4-2-1-3-5-6;1-8-2(7)3(4,5)6/h1-5,12H,6-10H2;6H,1-5H2,(H,8,9);1H3/p+2. The molecule has 3 rings (SSSR count). The molecule has 4 N–H and O–H groups in total. The van der Waals surface area contributed by atoms with Crippen LogP contribution in [-0.2, 0) is 20.9 Å². The van der Waals surface area contributed by atoms with E-state index in [1.165, 1.54) is 44.7 Å². The van der Waals surface area contributed by atoms with E-state index in [4.69, 9.17) is 5.11 Å². The monoisotopic (exact) mass is 434 g/mol. The highest BCUT2D eigenvalue weighted by molar-refractivity contribution is 5.75. The third-order valence-corrected chi connectivity index (χ3v) is 5.07. The molecule has 6 nitrogen and oxygen atoms in total. The summed E-state index contributed by atoms with van der Waals surface area (Å²) in [5.41, 5.74) is 1.47. The van der Waals surface area contributed by atoms with Gasteiger partial charge < -0.3 is 20.1 Å². The number of piperazine rings is 1. The maximum atomic E-state index is 11.0. The minimum absolute atomic E-state index is 0.0289. The Balaban J connectivity index is 0.000000236. The molecule has 0 unspecified atom stereocenters. The Kier molecular flexibility index (Phi) is 12.1. The van der Waals surface area contributed by atoms with Crippen molar-refractivity contribution in [2.45, 2.75) is 44.8 Å². The van der Waals surface area contributed by atoms with Gasteiger partial charge in [0.1, 0.15) is 32.7 Å². The maximum absolute atomic E-state index is 11.0. The van der Waals surface area contributed by atoms with Crippen molar-refractivity contribution >= 4 is 11.9 Å². The number of quaternary nitrogens is 2. The molecule has 0 atom stereocenters. The molecule has 1 aliphatic heterocycles. The van der Waals surface area contributed by atoms with Gasteiger partial charge in [-0.25, -0.2) is 4.79 Å². The number of carboxylic acid groups (broad SMARTS) is 1. The molecule has 0 radical (unpaired) electrons. The van der Waals surface area contributed by atoms with Crippen LogP contribution in [0.1, 0.15) is 37.7 Å². The largest absolute Gasteiger partial charge is 0.490 e. The number of esters is 1. The summed E-state index contributed by atoms with van der Waals surface area (Å²) in [7, 11) is 0.676. The zero-order chi connectivity index (χ0) is 22.4. The third-order valence-electron chi connectivity index (χ3n) is 5.07. The first-order valence-corrected chi connectivity index (χ1v) is 10.3. The fourth-order valence-electron chi connectivity index (χ4n) is 3.41. The van der Waals surface area contributed by atoms with Crippen molar-refractivity contribution in [1.82, 2.24) is 0 Å². The fraction of sp³-hybridized carbons (Fsp3) is 0.619. The van der Waals surface area contributed by atoms with E-state index in [1.807, 2.05) is 0 Å². The maximum Gasteiger partial charge on any atom is 0.490 e. The number of nitrogens with two attached hydrogens (primary N) is 1. The highest BCUT2D eigenvalue weighted by Gasteiger charge is 2.40. The van der Waals surface area contributed by atoms with Crippen molar-refractivity contribution < 1.29 is 42.8 Å². The van der Waals surface area contributed by atoms with Crippen LogP contribution in [0, 0.1) is 5.92 Å². The van der Waals surface area contributed by atoms with Gasteiger partial charge in [-0.3, -0.25) is 4.79 Å². The van der Waals surface area contributed by atoms with Crippen LogP contribution in [0.15, 0.2) is 30.3 Å². The number of nitrogens with one attached hydrogen (secondary N) is 1. The SMILES string of the molecule is COC(=O)C(F)(F)F.O=C(O)C1CCCCC1.c1ccc(C[NH+]2CC[NH2+]CC2)cc1. The first kappa shape index (κ1) is 25.9. The van der Waals surface area contributed by atoms with Crippen molar-refractivity contribution in [2.75, 3.05) is 33.3 Å². The summed E-state index contributed by atoms with van der Waals surface area (Å²) >= 11 is 0. The van der Waals surface area contributed by atoms with Gasteiger partial charge in [0.2, 0.25) is 0 Å². The number of carboxylic acids is 1. The molecule has 1 aromatic rings. The Labute approximate surface area is 175 Å². The Hall–Kier alpha value is -2.13. The fourth-order valence-corrected chi connectivity index (χ4v) is 3.41. The van der Waals surface area contributed by atoms with Gasteiger partial charge in [-0.05, 0) is 12.8 Å². The zero-order valence-corrected chi connectivity index (χ0v) is 17.4. The van der Waals surface area contributed by atoms with Crippen molar-refractivity contribution in [3.05, 3.63) is 35.9 Å². The van der Waals surface area contributed by atoms with E-state index >= 15 is 0 Å². The minimum atomic E-state index is -4.85. The van der Waals surface area contributed by atoms with E-state index in [0.717, 1.165) is 25.7 Å². The second-order valence-electron chi connectivity index (χ2n) is 7.44. The molecule has 2 aliphatic rings. The lowest BCUT2D eigenvalue weighted by molar-refractivity contribution is -0.958. The van der Waals surface area contributed by atoms with Crippen LogP contribution in [0.2, 0.25) is 0 Å². The number of ether oxygens (including phenoxy) is 1. The molecule has 1 saturated heterocycles. The quantitative estimate of drug-likeness (QED) is 0.621. The van der Waals surface area contributed by atoms with Gasteiger partial charge in [-0.2, -0.15) is 13.2 Å². The Bertz CT molecular complexity index is 614. The molecule has 0 spiro atoms. The van der Waals surface area contributed by atoms with Crippen LogP contribution in [-0.4, -0.2) is 56.5 Å². The van der Waals surface area contributed by atoms with Gasteiger partial charge in [0, 0.05) is 5.56 Å². The molecule has 1 aromatic carbocycles. The Morgan fingerprint density at radius 1 is 1.10 bits per heavy atom. The molecule has 170 valence electrons. The van der Waals surface area contributed by atoms with Crippen LogP contribution in [0.3, 0.4) is 0 Å². The summed E-state index contributed by atoms with van der Waals surface area (Å²) in [6.07, 6.45) is 0.386. The number of alkyl halides is 3. The molecule has 9 heteroatoms. The lowest BCUT2D eigenvalue weighted by Crippen LogP contribution is -3.19. The lowest BCUT2D eigenvalue weighted by Gasteiger charge is -2.22. The van der Waals surface area contributed by atoms with Gasteiger partial charge in [0.25, 0.3) is 0 Å². The van der Waals surface area contributed by atoms with E-state index in [-0.39, 0.29) is 5.92 Å². The molecule has 1 heterocycles. The van der Waals surface area contributed by atoms with E-state index in [0.29, 0.717) is 7.11 Å². The zero-order valence-electron chi connectivity index (χ0n) is 17.4. The number of carbonyl (C=O) groups excluding carboxylic acids is 1. The molecule has 0 amide bonds.